The molecule has 0 bridgehead atoms. The summed E-state index contributed by atoms with van der Waals surface area (Å²) in [5, 5.41) is 8.89. The van der Waals surface area contributed by atoms with Crippen molar-refractivity contribution in [2.45, 2.75) is 26.7 Å². The van der Waals surface area contributed by atoms with Gasteiger partial charge in [-0.2, -0.15) is 5.10 Å². The number of rotatable bonds is 3. The summed E-state index contributed by atoms with van der Waals surface area (Å²) in [5.41, 5.74) is 3.04. The molecule has 1 aromatic carbocycles. The van der Waals surface area contributed by atoms with E-state index < -0.39 is 0 Å². The van der Waals surface area contributed by atoms with Crippen LogP contribution in [0.1, 0.15) is 25.5 Å². The number of hydrogen-bond acceptors (Lipinski definition) is 3. The van der Waals surface area contributed by atoms with E-state index in [9.17, 15) is 4.79 Å². The average molecular weight is 300 g/mol. The molecule has 0 spiro atoms. The van der Waals surface area contributed by atoms with Gasteiger partial charge in [-0.25, -0.2) is 0 Å². The summed E-state index contributed by atoms with van der Waals surface area (Å²) in [4.78, 5) is 14.3. The number of likely N-dealkylation sites (tertiary alicyclic amines) is 1. The molecule has 5 heteroatoms. The smallest absolute Gasteiger partial charge is 0.241 e. The molecule has 1 aliphatic heterocycles. The van der Waals surface area contributed by atoms with Gasteiger partial charge < -0.3 is 10.2 Å². The molecule has 1 aromatic heterocycles. The van der Waals surface area contributed by atoms with Crippen molar-refractivity contribution < 1.29 is 4.79 Å². The molecule has 0 radical (unpaired) electrons. The second kappa shape index (κ2) is 5.99. The highest BCUT2D eigenvalue weighted by Gasteiger charge is 2.20. The number of piperidine rings is 1. The molecule has 22 heavy (non-hydrogen) atoms. The van der Waals surface area contributed by atoms with Crippen LogP contribution in [0, 0.1) is 12.8 Å². The highest BCUT2D eigenvalue weighted by atomic mass is 16.2. The number of amides is 1. The van der Waals surface area contributed by atoms with E-state index in [2.05, 4.69) is 23.4 Å². The van der Waals surface area contributed by atoms with Gasteiger partial charge in [-0.1, -0.05) is 19.1 Å². The van der Waals surface area contributed by atoms with Crippen molar-refractivity contribution in [2.75, 3.05) is 25.0 Å². The maximum absolute atomic E-state index is 12.3. The molecular formula is C17H24N4O. The van der Waals surface area contributed by atoms with Crippen molar-refractivity contribution in [1.29, 1.82) is 0 Å². The van der Waals surface area contributed by atoms with Gasteiger partial charge in [0.2, 0.25) is 5.91 Å². The maximum Gasteiger partial charge on any atom is 0.241 e. The van der Waals surface area contributed by atoms with Gasteiger partial charge in [-0.15, -0.1) is 0 Å². The monoisotopic (exact) mass is 300 g/mol. The van der Waals surface area contributed by atoms with Gasteiger partial charge >= 0.3 is 0 Å². The highest BCUT2D eigenvalue weighted by molar-refractivity contribution is 5.94. The van der Waals surface area contributed by atoms with Gasteiger partial charge in [0.05, 0.1) is 23.4 Å². The van der Waals surface area contributed by atoms with E-state index in [4.69, 9.17) is 0 Å². The zero-order chi connectivity index (χ0) is 15.7. The van der Waals surface area contributed by atoms with Crippen LogP contribution < -0.4 is 5.32 Å². The normalized spacial score (nSPS) is 16.2. The lowest BCUT2D eigenvalue weighted by Crippen LogP contribution is -2.40. The molecule has 1 saturated heterocycles. The Morgan fingerprint density at radius 1 is 1.36 bits per heavy atom. The Morgan fingerprint density at radius 2 is 2.09 bits per heavy atom. The Hall–Kier alpha value is -2.04. The number of benzene rings is 1. The molecule has 1 amide bonds. The van der Waals surface area contributed by atoms with E-state index >= 15 is 0 Å². The lowest BCUT2D eigenvalue weighted by Gasteiger charge is -2.30. The summed E-state index contributed by atoms with van der Waals surface area (Å²) in [5.74, 6) is 0.922. The van der Waals surface area contributed by atoms with Crippen molar-refractivity contribution in [3.63, 3.8) is 0 Å². The highest BCUT2D eigenvalue weighted by Crippen LogP contribution is 2.25. The number of anilines is 1. The molecule has 0 atom stereocenters. The van der Waals surface area contributed by atoms with Gasteiger partial charge in [-0.3, -0.25) is 9.48 Å². The topological polar surface area (TPSA) is 50.2 Å². The third kappa shape index (κ3) is 2.80. The number of aromatic nitrogens is 2. The number of carbonyl (C=O) groups is 1. The Morgan fingerprint density at radius 3 is 2.82 bits per heavy atom. The van der Waals surface area contributed by atoms with E-state index in [0.29, 0.717) is 6.54 Å². The molecular weight excluding hydrogens is 276 g/mol. The first kappa shape index (κ1) is 14.9. The van der Waals surface area contributed by atoms with Crippen LogP contribution in [0.15, 0.2) is 18.2 Å². The first-order valence-corrected chi connectivity index (χ1v) is 8.00. The third-order valence-corrected chi connectivity index (χ3v) is 4.62. The Bertz CT molecular complexity index is 683. The van der Waals surface area contributed by atoms with Crippen LogP contribution in [0.4, 0.5) is 5.69 Å². The Balaban J connectivity index is 1.70. The minimum Gasteiger partial charge on any atom is -0.374 e. The summed E-state index contributed by atoms with van der Waals surface area (Å²) < 4.78 is 1.88. The molecule has 5 nitrogen and oxygen atoms in total. The molecule has 0 saturated carbocycles. The molecule has 118 valence electrons. The van der Waals surface area contributed by atoms with Crippen LogP contribution in [-0.4, -0.2) is 40.2 Å². The van der Waals surface area contributed by atoms with Crippen molar-refractivity contribution in [3.8, 4) is 0 Å². The van der Waals surface area contributed by atoms with E-state index in [1.807, 2.05) is 35.7 Å². The number of para-hydroxylation sites is 1. The number of hydrogen-bond donors (Lipinski definition) is 1. The zero-order valence-corrected chi connectivity index (χ0v) is 13.6. The molecule has 2 aromatic rings. The van der Waals surface area contributed by atoms with Crippen LogP contribution in [0.25, 0.3) is 10.9 Å². The fraction of sp³-hybridized carbons (Fsp3) is 0.529. The number of carbonyl (C=O) groups excluding carboxylic acids is 1. The van der Waals surface area contributed by atoms with Crippen molar-refractivity contribution in [1.82, 2.24) is 14.7 Å². The van der Waals surface area contributed by atoms with Crippen LogP contribution in [0.2, 0.25) is 0 Å². The van der Waals surface area contributed by atoms with Gasteiger partial charge in [0.25, 0.3) is 0 Å². The van der Waals surface area contributed by atoms with Crippen LogP contribution in [-0.2, 0) is 11.8 Å². The fourth-order valence-corrected chi connectivity index (χ4v) is 3.20. The summed E-state index contributed by atoms with van der Waals surface area (Å²) in [6.45, 7) is 6.38. The first-order chi connectivity index (χ1) is 10.6. The molecule has 2 heterocycles. The quantitative estimate of drug-likeness (QED) is 0.948. The largest absolute Gasteiger partial charge is 0.374 e. The Kier molecular flexibility index (Phi) is 4.05. The second-order valence-electron chi connectivity index (χ2n) is 6.33. The maximum atomic E-state index is 12.3. The first-order valence-electron chi connectivity index (χ1n) is 8.00. The van der Waals surface area contributed by atoms with E-state index in [0.717, 1.165) is 54.1 Å². The van der Waals surface area contributed by atoms with E-state index in [1.165, 1.54) is 0 Å². The summed E-state index contributed by atoms with van der Waals surface area (Å²) in [7, 11) is 1.94. The van der Waals surface area contributed by atoms with Gasteiger partial charge in [0.15, 0.2) is 0 Å². The van der Waals surface area contributed by atoms with Crippen LogP contribution in [0.5, 0.6) is 0 Å². The zero-order valence-electron chi connectivity index (χ0n) is 13.6. The number of nitrogens with one attached hydrogen (secondary N) is 1. The SMILES string of the molecule is Cc1nn(C)c2c(NCC(=O)N3CCC(C)CC3)cccc12. The summed E-state index contributed by atoms with van der Waals surface area (Å²) in [6, 6.07) is 6.08. The standard InChI is InChI=1S/C17H24N4O/c1-12-7-9-21(10-8-12)16(22)11-18-15-6-4-5-14-13(2)19-20(3)17(14)15/h4-6,12,18H,7-11H2,1-3H3. The van der Waals surface area contributed by atoms with Gasteiger partial charge in [0, 0.05) is 25.5 Å². The minimum atomic E-state index is 0.183. The summed E-state index contributed by atoms with van der Waals surface area (Å²) in [6.07, 6.45) is 2.23. The van der Waals surface area contributed by atoms with Crippen molar-refractivity contribution in [2.24, 2.45) is 13.0 Å². The molecule has 0 unspecified atom stereocenters. The van der Waals surface area contributed by atoms with Gasteiger partial charge in [0.1, 0.15) is 0 Å². The third-order valence-electron chi connectivity index (χ3n) is 4.62. The predicted molar refractivity (Wildman–Crippen MR) is 88.9 cm³/mol. The fourth-order valence-electron chi connectivity index (χ4n) is 3.20. The molecule has 3 rings (SSSR count). The van der Waals surface area contributed by atoms with Crippen molar-refractivity contribution >= 4 is 22.5 Å². The van der Waals surface area contributed by atoms with Crippen LogP contribution >= 0.6 is 0 Å². The molecule has 1 aliphatic rings. The number of nitrogens with zero attached hydrogens (tertiary/aromatic N) is 3. The lowest BCUT2D eigenvalue weighted by molar-refractivity contribution is -0.130. The second-order valence-corrected chi connectivity index (χ2v) is 6.33. The van der Waals surface area contributed by atoms with Crippen LogP contribution in [0.3, 0.4) is 0 Å². The molecule has 1 fully saturated rings. The van der Waals surface area contributed by atoms with Gasteiger partial charge in [-0.05, 0) is 31.7 Å². The number of fused-ring (bicyclic) bond motifs is 1. The summed E-state index contributed by atoms with van der Waals surface area (Å²) >= 11 is 0. The molecule has 0 aliphatic carbocycles. The predicted octanol–water partition coefficient (Wildman–Crippen LogP) is 2.55. The Labute approximate surface area is 131 Å². The lowest BCUT2D eigenvalue weighted by atomic mass is 9.99. The van der Waals surface area contributed by atoms with E-state index in [-0.39, 0.29) is 5.91 Å². The van der Waals surface area contributed by atoms with Crippen molar-refractivity contribution in [3.05, 3.63) is 23.9 Å². The minimum absolute atomic E-state index is 0.183. The molecule has 1 N–H and O–H groups in total. The number of aryl methyl sites for hydroxylation is 2. The average Bonchev–Trinajstić information content (AvgIpc) is 2.81. The van der Waals surface area contributed by atoms with E-state index in [1.54, 1.807) is 0 Å².